The van der Waals surface area contributed by atoms with Crippen molar-refractivity contribution >= 4 is 17.7 Å². The Bertz CT molecular complexity index is 825. The molecule has 3 aromatic heterocycles. The number of thioether (sulfide) groups is 1. The van der Waals surface area contributed by atoms with Gasteiger partial charge in [0.1, 0.15) is 11.5 Å². The molecule has 0 aliphatic carbocycles. The minimum atomic E-state index is -0.188. The predicted octanol–water partition coefficient (Wildman–Crippen LogP) is 3.19. The second kappa shape index (κ2) is 8.77. The number of aromatic nitrogens is 2. The summed E-state index contributed by atoms with van der Waals surface area (Å²) >= 11 is 1.56. The smallest absolute Gasteiger partial charge is 0.290 e. The number of aryl methyl sites for hydroxylation is 1. The number of imidazole rings is 1. The van der Waals surface area contributed by atoms with Crippen LogP contribution in [0.15, 0.2) is 56.9 Å². The number of amides is 1. The number of hydrogen-bond donors (Lipinski definition) is 0. The van der Waals surface area contributed by atoms with Crippen LogP contribution in [0.25, 0.3) is 0 Å². The standard InChI is InChI=1S/C18H21N3O4S/c1-20-8-7-19-18(20)26-13-15-5-6-16(25-15)17(22)21(9-11-23-2)12-14-4-3-10-24-14/h3-8,10H,9,11-13H2,1-2H3. The molecule has 138 valence electrons. The molecule has 0 N–H and O–H groups in total. The Kier molecular flexibility index (Phi) is 6.19. The van der Waals surface area contributed by atoms with E-state index in [-0.39, 0.29) is 5.91 Å². The molecule has 3 aromatic rings. The van der Waals surface area contributed by atoms with Crippen molar-refractivity contribution in [3.63, 3.8) is 0 Å². The van der Waals surface area contributed by atoms with Crippen LogP contribution in [0.1, 0.15) is 22.1 Å². The fraction of sp³-hybridized carbons (Fsp3) is 0.333. The topological polar surface area (TPSA) is 73.6 Å². The van der Waals surface area contributed by atoms with Gasteiger partial charge in [0, 0.05) is 33.1 Å². The lowest BCUT2D eigenvalue weighted by Gasteiger charge is -2.20. The molecule has 0 spiro atoms. The van der Waals surface area contributed by atoms with Gasteiger partial charge in [-0.25, -0.2) is 4.98 Å². The molecule has 7 nitrogen and oxygen atoms in total. The molecular weight excluding hydrogens is 354 g/mol. The molecule has 0 unspecified atom stereocenters. The highest BCUT2D eigenvalue weighted by atomic mass is 32.2. The zero-order valence-corrected chi connectivity index (χ0v) is 15.6. The largest absolute Gasteiger partial charge is 0.467 e. The Hall–Kier alpha value is -2.45. The van der Waals surface area contributed by atoms with E-state index in [1.807, 2.05) is 29.9 Å². The van der Waals surface area contributed by atoms with Crippen LogP contribution in [0, 0.1) is 0 Å². The molecule has 0 saturated carbocycles. The van der Waals surface area contributed by atoms with Crippen molar-refractivity contribution < 1.29 is 18.4 Å². The maximum absolute atomic E-state index is 12.8. The average molecular weight is 375 g/mol. The Labute approximate surface area is 155 Å². The first-order valence-corrected chi connectivity index (χ1v) is 9.15. The summed E-state index contributed by atoms with van der Waals surface area (Å²) in [5.41, 5.74) is 0. The third-order valence-corrected chi connectivity index (χ3v) is 4.85. The van der Waals surface area contributed by atoms with Gasteiger partial charge in [0.2, 0.25) is 0 Å². The van der Waals surface area contributed by atoms with Gasteiger partial charge in [-0.3, -0.25) is 4.79 Å². The summed E-state index contributed by atoms with van der Waals surface area (Å²) in [6.07, 6.45) is 5.23. The van der Waals surface area contributed by atoms with Crippen LogP contribution < -0.4 is 0 Å². The highest BCUT2D eigenvalue weighted by Crippen LogP contribution is 2.22. The third-order valence-electron chi connectivity index (χ3n) is 3.77. The minimum Gasteiger partial charge on any atom is -0.467 e. The van der Waals surface area contributed by atoms with E-state index in [1.54, 1.807) is 48.4 Å². The van der Waals surface area contributed by atoms with E-state index in [9.17, 15) is 4.79 Å². The number of hydrogen-bond acceptors (Lipinski definition) is 6. The summed E-state index contributed by atoms with van der Waals surface area (Å²) in [6.45, 7) is 1.26. The molecule has 0 aromatic carbocycles. The highest BCUT2D eigenvalue weighted by molar-refractivity contribution is 7.98. The first-order valence-electron chi connectivity index (χ1n) is 8.17. The molecule has 0 saturated heterocycles. The van der Waals surface area contributed by atoms with Crippen molar-refractivity contribution in [1.29, 1.82) is 0 Å². The Morgan fingerprint density at radius 3 is 2.92 bits per heavy atom. The number of ether oxygens (including phenoxy) is 1. The van der Waals surface area contributed by atoms with Crippen LogP contribution >= 0.6 is 11.8 Å². The van der Waals surface area contributed by atoms with Gasteiger partial charge in [-0.1, -0.05) is 11.8 Å². The van der Waals surface area contributed by atoms with Crippen LogP contribution in [0.4, 0.5) is 0 Å². The van der Waals surface area contributed by atoms with E-state index in [4.69, 9.17) is 13.6 Å². The number of methoxy groups -OCH3 is 1. The minimum absolute atomic E-state index is 0.188. The van der Waals surface area contributed by atoms with Crippen molar-refractivity contribution in [2.24, 2.45) is 7.05 Å². The molecule has 3 rings (SSSR count). The summed E-state index contributed by atoms with van der Waals surface area (Å²) in [6, 6.07) is 7.17. The molecule has 8 heteroatoms. The van der Waals surface area contributed by atoms with E-state index >= 15 is 0 Å². The molecule has 1 amide bonds. The quantitative estimate of drug-likeness (QED) is 0.535. The van der Waals surface area contributed by atoms with Crippen LogP contribution in [-0.2, 0) is 24.1 Å². The van der Waals surface area contributed by atoms with Crippen molar-refractivity contribution in [3.8, 4) is 0 Å². The van der Waals surface area contributed by atoms with Crippen molar-refractivity contribution in [2.75, 3.05) is 20.3 Å². The zero-order chi connectivity index (χ0) is 18.4. The first kappa shape index (κ1) is 18.3. The Morgan fingerprint density at radius 2 is 2.23 bits per heavy atom. The Balaban J connectivity index is 1.64. The van der Waals surface area contributed by atoms with Crippen molar-refractivity contribution in [3.05, 3.63) is 60.2 Å². The van der Waals surface area contributed by atoms with E-state index in [0.717, 1.165) is 10.9 Å². The maximum Gasteiger partial charge on any atom is 0.290 e. The van der Waals surface area contributed by atoms with Crippen LogP contribution in [0.3, 0.4) is 0 Å². The molecule has 0 radical (unpaired) electrons. The molecule has 26 heavy (non-hydrogen) atoms. The van der Waals surface area contributed by atoms with Crippen LogP contribution in [0.2, 0.25) is 0 Å². The van der Waals surface area contributed by atoms with Gasteiger partial charge >= 0.3 is 0 Å². The summed E-state index contributed by atoms with van der Waals surface area (Å²) < 4.78 is 18.1. The number of rotatable bonds is 9. The van der Waals surface area contributed by atoms with Gasteiger partial charge in [0.05, 0.1) is 25.2 Å². The Morgan fingerprint density at radius 1 is 1.35 bits per heavy atom. The number of carbonyl (C=O) groups excluding carboxylic acids is 1. The predicted molar refractivity (Wildman–Crippen MR) is 96.8 cm³/mol. The molecule has 0 fully saturated rings. The number of nitrogens with zero attached hydrogens (tertiary/aromatic N) is 3. The van der Waals surface area contributed by atoms with Crippen molar-refractivity contribution in [2.45, 2.75) is 17.5 Å². The van der Waals surface area contributed by atoms with Gasteiger partial charge < -0.3 is 23.0 Å². The number of carbonyl (C=O) groups is 1. The summed E-state index contributed by atoms with van der Waals surface area (Å²) in [7, 11) is 3.55. The highest BCUT2D eigenvalue weighted by Gasteiger charge is 2.20. The van der Waals surface area contributed by atoms with Gasteiger partial charge in [0.15, 0.2) is 10.9 Å². The SMILES string of the molecule is COCCN(Cc1ccco1)C(=O)c1ccc(CSc2nccn2C)o1. The lowest BCUT2D eigenvalue weighted by Crippen LogP contribution is -2.33. The molecule has 0 aliphatic heterocycles. The average Bonchev–Trinajstić information content (AvgIpc) is 3.38. The van der Waals surface area contributed by atoms with E-state index in [1.165, 1.54) is 0 Å². The summed E-state index contributed by atoms with van der Waals surface area (Å²) in [5, 5.41) is 0.897. The molecular formula is C18H21N3O4S. The van der Waals surface area contributed by atoms with Gasteiger partial charge in [0.25, 0.3) is 5.91 Å². The zero-order valence-electron chi connectivity index (χ0n) is 14.8. The van der Waals surface area contributed by atoms with Gasteiger partial charge in [-0.05, 0) is 24.3 Å². The first-order chi connectivity index (χ1) is 12.7. The molecule has 0 bridgehead atoms. The van der Waals surface area contributed by atoms with E-state index in [2.05, 4.69) is 4.98 Å². The summed E-state index contributed by atoms with van der Waals surface area (Å²) in [5.74, 6) is 2.17. The second-order valence-corrected chi connectivity index (χ2v) is 6.62. The second-order valence-electron chi connectivity index (χ2n) is 5.67. The third kappa shape index (κ3) is 4.59. The molecule has 3 heterocycles. The lowest BCUT2D eigenvalue weighted by molar-refractivity contribution is 0.0634. The maximum atomic E-state index is 12.8. The summed E-state index contributed by atoms with van der Waals surface area (Å²) in [4.78, 5) is 18.7. The number of furan rings is 2. The fourth-order valence-corrected chi connectivity index (χ4v) is 3.22. The van der Waals surface area contributed by atoms with Crippen molar-refractivity contribution in [1.82, 2.24) is 14.5 Å². The normalized spacial score (nSPS) is 11.0. The van der Waals surface area contributed by atoms with Gasteiger partial charge in [-0.2, -0.15) is 0 Å². The van der Waals surface area contributed by atoms with Gasteiger partial charge in [-0.15, -0.1) is 0 Å². The van der Waals surface area contributed by atoms with Crippen LogP contribution in [-0.4, -0.2) is 40.6 Å². The van der Waals surface area contributed by atoms with E-state index < -0.39 is 0 Å². The monoisotopic (exact) mass is 375 g/mol. The lowest BCUT2D eigenvalue weighted by atomic mass is 10.3. The van der Waals surface area contributed by atoms with Crippen LogP contribution in [0.5, 0.6) is 0 Å². The molecule has 0 aliphatic rings. The fourth-order valence-electron chi connectivity index (χ4n) is 2.40. The van der Waals surface area contributed by atoms with E-state index in [0.29, 0.717) is 37.0 Å². The molecule has 0 atom stereocenters.